The molecule has 6 heteroatoms. The molecule has 0 unspecified atom stereocenters. The molecule has 1 heterocycles. The van der Waals surface area contributed by atoms with Crippen LogP contribution in [0.4, 0.5) is 0 Å². The number of fused-ring (bicyclic) bond motifs is 1. The number of primary amides is 1. The van der Waals surface area contributed by atoms with Crippen molar-refractivity contribution in [1.29, 1.82) is 0 Å². The summed E-state index contributed by atoms with van der Waals surface area (Å²) in [6.07, 6.45) is 2.64. The molecule has 2 rings (SSSR count). The third-order valence-corrected chi connectivity index (χ3v) is 2.13. The van der Waals surface area contributed by atoms with Gasteiger partial charge in [-0.15, -0.1) is 0 Å². The normalized spacial score (nSPS) is 11.1. The van der Waals surface area contributed by atoms with E-state index in [1.807, 2.05) is 0 Å². The van der Waals surface area contributed by atoms with Crippen LogP contribution in [0, 0.1) is 0 Å². The van der Waals surface area contributed by atoms with E-state index in [1.165, 1.54) is 18.2 Å². The van der Waals surface area contributed by atoms with E-state index in [1.54, 1.807) is 12.1 Å². The molecule has 1 aromatic carbocycles. The third-order valence-electron chi connectivity index (χ3n) is 2.13. The number of amides is 1. The summed E-state index contributed by atoms with van der Waals surface area (Å²) in [5, 5.41) is 0.233. The first-order chi connectivity index (χ1) is 8.06. The van der Waals surface area contributed by atoms with Gasteiger partial charge >= 0.3 is 11.4 Å². The largest absolute Gasteiger partial charge is 0.419 e. The number of H-pyrrole nitrogens is 1. The second kappa shape index (κ2) is 4.09. The maximum Gasteiger partial charge on any atom is 0.419 e. The maximum atomic E-state index is 11.4. The first-order valence-electron chi connectivity index (χ1n) is 4.71. The van der Waals surface area contributed by atoms with E-state index in [9.17, 15) is 14.4 Å². The van der Waals surface area contributed by atoms with Crippen LogP contribution in [0.2, 0.25) is 0 Å². The highest BCUT2D eigenvalue weighted by atomic mass is 16.4. The van der Waals surface area contributed by atoms with Crippen molar-refractivity contribution >= 4 is 22.9 Å². The van der Waals surface area contributed by atoms with Gasteiger partial charge in [0, 0.05) is 6.08 Å². The minimum atomic E-state index is -0.803. The summed E-state index contributed by atoms with van der Waals surface area (Å²) in [5.74, 6) is -1.39. The van der Waals surface area contributed by atoms with Gasteiger partial charge in [0.1, 0.15) is 0 Å². The van der Waals surface area contributed by atoms with Gasteiger partial charge < -0.3 is 10.2 Å². The molecule has 6 nitrogen and oxygen atoms in total. The van der Waals surface area contributed by atoms with Gasteiger partial charge in [-0.1, -0.05) is 6.07 Å². The number of carbonyl (C=O) groups is 1. The molecule has 0 radical (unpaired) electrons. The second-order valence-corrected chi connectivity index (χ2v) is 3.34. The van der Waals surface area contributed by atoms with Gasteiger partial charge in [-0.3, -0.25) is 9.78 Å². The van der Waals surface area contributed by atoms with E-state index in [-0.39, 0.29) is 5.39 Å². The molecule has 0 atom stereocenters. The summed E-state index contributed by atoms with van der Waals surface area (Å²) < 4.78 is 4.39. The Morgan fingerprint density at radius 3 is 2.82 bits per heavy atom. The summed E-state index contributed by atoms with van der Waals surface area (Å²) >= 11 is 0. The van der Waals surface area contributed by atoms with Crippen LogP contribution in [0.15, 0.2) is 38.3 Å². The Bertz CT molecular complexity index is 724. The molecule has 0 aliphatic rings. The van der Waals surface area contributed by atoms with Crippen LogP contribution in [-0.4, -0.2) is 10.9 Å². The molecule has 1 aromatic heterocycles. The number of aromatic amines is 1. The molecule has 0 fully saturated rings. The van der Waals surface area contributed by atoms with Crippen LogP contribution in [0.3, 0.4) is 0 Å². The Morgan fingerprint density at radius 2 is 2.12 bits per heavy atom. The van der Waals surface area contributed by atoms with Crippen molar-refractivity contribution in [3.8, 4) is 0 Å². The Balaban J connectivity index is 2.62. The standard InChI is InChI=1S/C11H8N2O4/c12-9(14)4-2-6-1-3-8-7(5-6)10(15)17-11(16)13-8/h1-5H,(H2,12,14)(H,13,16). The SMILES string of the molecule is NC(=O)C=Cc1ccc2[nH]c(=O)oc(=O)c2c1. The molecule has 0 saturated carbocycles. The molecule has 86 valence electrons. The first-order valence-corrected chi connectivity index (χ1v) is 4.71. The van der Waals surface area contributed by atoms with E-state index in [0.29, 0.717) is 11.1 Å². The summed E-state index contributed by atoms with van der Waals surface area (Å²) in [4.78, 5) is 35.2. The predicted octanol–water partition coefficient (Wildman–Crippen LogP) is -0.0202. The highest BCUT2D eigenvalue weighted by molar-refractivity contribution is 5.91. The number of carbonyl (C=O) groups excluding carboxylic acids is 1. The fourth-order valence-corrected chi connectivity index (χ4v) is 1.40. The highest BCUT2D eigenvalue weighted by Gasteiger charge is 2.02. The predicted molar refractivity (Wildman–Crippen MR) is 61.3 cm³/mol. The Kier molecular flexibility index (Phi) is 2.61. The first kappa shape index (κ1) is 10.9. The Morgan fingerprint density at radius 1 is 1.35 bits per heavy atom. The van der Waals surface area contributed by atoms with Crippen molar-refractivity contribution < 1.29 is 9.21 Å². The molecule has 0 aliphatic heterocycles. The van der Waals surface area contributed by atoms with Crippen molar-refractivity contribution in [3.63, 3.8) is 0 Å². The molecule has 1 amide bonds. The number of hydrogen-bond acceptors (Lipinski definition) is 4. The zero-order valence-electron chi connectivity index (χ0n) is 8.60. The van der Waals surface area contributed by atoms with Gasteiger partial charge in [-0.25, -0.2) is 9.59 Å². The van der Waals surface area contributed by atoms with E-state index in [0.717, 1.165) is 0 Å². The highest BCUT2D eigenvalue weighted by Crippen LogP contribution is 2.10. The van der Waals surface area contributed by atoms with E-state index >= 15 is 0 Å². The summed E-state index contributed by atoms with van der Waals surface area (Å²) in [5.41, 5.74) is 5.21. The van der Waals surface area contributed by atoms with Gasteiger partial charge in [0.05, 0.1) is 10.9 Å². The quantitative estimate of drug-likeness (QED) is 0.709. The van der Waals surface area contributed by atoms with Crippen LogP contribution < -0.4 is 17.1 Å². The van der Waals surface area contributed by atoms with Crippen molar-refractivity contribution in [2.24, 2.45) is 5.73 Å². The molecule has 0 saturated heterocycles. The maximum absolute atomic E-state index is 11.4. The van der Waals surface area contributed by atoms with Crippen LogP contribution in [0.1, 0.15) is 5.56 Å². The lowest BCUT2D eigenvalue weighted by molar-refractivity contribution is -0.113. The van der Waals surface area contributed by atoms with Gasteiger partial charge in [-0.05, 0) is 23.8 Å². The lowest BCUT2D eigenvalue weighted by atomic mass is 10.1. The van der Waals surface area contributed by atoms with Gasteiger partial charge in [0.25, 0.3) is 0 Å². The topological polar surface area (TPSA) is 106 Å². The van der Waals surface area contributed by atoms with Gasteiger partial charge in [0.2, 0.25) is 5.91 Å². The molecule has 17 heavy (non-hydrogen) atoms. The molecule has 3 N–H and O–H groups in total. The van der Waals surface area contributed by atoms with Crippen molar-refractivity contribution in [2.75, 3.05) is 0 Å². The molecule has 0 aliphatic carbocycles. The van der Waals surface area contributed by atoms with E-state index in [4.69, 9.17) is 5.73 Å². The fraction of sp³-hybridized carbons (Fsp3) is 0. The van der Waals surface area contributed by atoms with Gasteiger partial charge in [0.15, 0.2) is 0 Å². The van der Waals surface area contributed by atoms with E-state index < -0.39 is 17.3 Å². The average Bonchev–Trinajstić information content (AvgIpc) is 2.26. The lowest BCUT2D eigenvalue weighted by Gasteiger charge is -1.97. The van der Waals surface area contributed by atoms with Crippen LogP contribution in [0.5, 0.6) is 0 Å². The number of rotatable bonds is 2. The van der Waals surface area contributed by atoms with Crippen LogP contribution in [-0.2, 0) is 4.79 Å². The smallest absolute Gasteiger partial charge is 0.372 e. The average molecular weight is 232 g/mol. The van der Waals surface area contributed by atoms with Crippen LogP contribution in [0.25, 0.3) is 17.0 Å². The van der Waals surface area contributed by atoms with Crippen molar-refractivity contribution in [1.82, 2.24) is 4.98 Å². The number of hydrogen-bond donors (Lipinski definition) is 2. The fourth-order valence-electron chi connectivity index (χ4n) is 1.40. The number of benzene rings is 1. The number of nitrogens with two attached hydrogens (primary N) is 1. The van der Waals surface area contributed by atoms with Gasteiger partial charge in [-0.2, -0.15) is 0 Å². The lowest BCUT2D eigenvalue weighted by Crippen LogP contribution is -2.14. The molecular weight excluding hydrogens is 224 g/mol. The molecule has 2 aromatic rings. The van der Waals surface area contributed by atoms with E-state index in [2.05, 4.69) is 9.40 Å². The monoisotopic (exact) mass is 232 g/mol. The molecule has 0 bridgehead atoms. The van der Waals surface area contributed by atoms with Crippen molar-refractivity contribution in [3.05, 3.63) is 50.8 Å². The summed E-state index contributed by atoms with van der Waals surface area (Å²) in [7, 11) is 0. The second-order valence-electron chi connectivity index (χ2n) is 3.34. The zero-order valence-corrected chi connectivity index (χ0v) is 8.60. The minimum absolute atomic E-state index is 0.233. The third kappa shape index (κ3) is 2.31. The summed E-state index contributed by atoms with van der Waals surface area (Å²) in [6, 6.07) is 4.68. The minimum Gasteiger partial charge on any atom is -0.372 e. The van der Waals surface area contributed by atoms with Crippen LogP contribution >= 0.6 is 0 Å². The number of nitrogens with one attached hydrogen (secondary N) is 1. The van der Waals surface area contributed by atoms with Crippen molar-refractivity contribution in [2.45, 2.75) is 0 Å². The molecular formula is C11H8N2O4. The molecule has 0 spiro atoms. The summed E-state index contributed by atoms with van der Waals surface area (Å²) in [6.45, 7) is 0. The number of aromatic nitrogens is 1. The Hall–Kier alpha value is -2.63. The Labute approximate surface area is 94.4 Å². The zero-order chi connectivity index (χ0) is 12.4.